The fraction of sp³-hybridized carbons (Fsp3) is 0.300. The second-order valence-electron chi connectivity index (χ2n) is 6.04. The van der Waals surface area contributed by atoms with E-state index >= 15 is 0 Å². The molecule has 0 amide bonds. The molecule has 1 aromatic heterocycles. The maximum Gasteiger partial charge on any atom is 0.163 e. The highest BCUT2D eigenvalue weighted by atomic mass is 16.5. The van der Waals surface area contributed by atoms with Crippen molar-refractivity contribution in [1.82, 2.24) is 9.55 Å². The lowest BCUT2D eigenvalue weighted by molar-refractivity contribution is 0.355. The number of nitriles is 1. The molecule has 0 aliphatic rings. The molecule has 134 valence electrons. The van der Waals surface area contributed by atoms with Crippen LogP contribution in [0.4, 0.5) is 0 Å². The fourth-order valence-electron chi connectivity index (χ4n) is 3.04. The van der Waals surface area contributed by atoms with Crippen molar-refractivity contribution in [2.24, 2.45) is 5.73 Å². The molecule has 2 N–H and O–H groups in total. The van der Waals surface area contributed by atoms with Crippen LogP contribution in [0, 0.1) is 11.3 Å². The van der Waals surface area contributed by atoms with Crippen molar-refractivity contribution < 1.29 is 9.47 Å². The van der Waals surface area contributed by atoms with Crippen LogP contribution in [0.3, 0.4) is 0 Å². The first kappa shape index (κ1) is 17.8. The van der Waals surface area contributed by atoms with E-state index in [0.717, 1.165) is 28.8 Å². The molecule has 3 aromatic rings. The Labute approximate surface area is 152 Å². The number of nitrogens with zero attached hydrogens (tertiary/aromatic N) is 3. The van der Waals surface area contributed by atoms with Gasteiger partial charge in [0.15, 0.2) is 11.5 Å². The van der Waals surface area contributed by atoms with Crippen LogP contribution in [0.1, 0.15) is 36.3 Å². The van der Waals surface area contributed by atoms with Crippen LogP contribution in [0.2, 0.25) is 0 Å². The van der Waals surface area contributed by atoms with Crippen LogP contribution in [-0.4, -0.2) is 23.8 Å². The number of methoxy groups -OCH3 is 2. The number of nitrogens with two attached hydrogens (primary N) is 1. The van der Waals surface area contributed by atoms with Crippen molar-refractivity contribution in [3.05, 3.63) is 53.3 Å². The minimum Gasteiger partial charge on any atom is -0.493 e. The van der Waals surface area contributed by atoms with Gasteiger partial charge in [0.25, 0.3) is 0 Å². The third-order valence-corrected chi connectivity index (χ3v) is 4.52. The van der Waals surface area contributed by atoms with Gasteiger partial charge in [-0.3, -0.25) is 0 Å². The number of benzene rings is 2. The number of fused-ring (bicyclic) bond motifs is 1. The Balaban J connectivity index is 2.22. The molecule has 6 nitrogen and oxygen atoms in total. The van der Waals surface area contributed by atoms with Crippen LogP contribution in [0.5, 0.6) is 11.5 Å². The maximum absolute atomic E-state index is 9.40. The van der Waals surface area contributed by atoms with Crippen molar-refractivity contribution in [2.75, 3.05) is 14.2 Å². The molecule has 0 saturated carbocycles. The molecule has 1 atom stereocenters. The van der Waals surface area contributed by atoms with Gasteiger partial charge in [-0.15, -0.1) is 0 Å². The molecule has 6 heteroatoms. The summed E-state index contributed by atoms with van der Waals surface area (Å²) in [5.41, 5.74) is 9.57. The largest absolute Gasteiger partial charge is 0.493 e. The SMILES string of the molecule is CCC(N)c1nc2cc(OC)c(OC)cc2n1Cc1ccccc1C#N. The molecule has 26 heavy (non-hydrogen) atoms. The number of hydrogen-bond donors (Lipinski definition) is 1. The van der Waals surface area contributed by atoms with E-state index in [0.29, 0.717) is 23.6 Å². The fourth-order valence-corrected chi connectivity index (χ4v) is 3.04. The molecule has 0 aliphatic heterocycles. The normalized spacial score (nSPS) is 12.0. The van der Waals surface area contributed by atoms with E-state index in [1.54, 1.807) is 14.2 Å². The van der Waals surface area contributed by atoms with Crippen LogP contribution in [0.15, 0.2) is 36.4 Å². The van der Waals surface area contributed by atoms with Crippen LogP contribution in [-0.2, 0) is 6.54 Å². The summed E-state index contributed by atoms with van der Waals surface area (Å²) in [6, 6.07) is 13.4. The number of ether oxygens (including phenoxy) is 2. The zero-order chi connectivity index (χ0) is 18.7. The standard InChI is InChI=1S/C20H22N4O2/c1-4-15(22)20-23-16-9-18(25-2)19(26-3)10-17(16)24(20)12-14-8-6-5-7-13(14)11-21/h5-10,15H,4,12,22H2,1-3H3. The van der Waals surface area contributed by atoms with Gasteiger partial charge in [-0.25, -0.2) is 4.98 Å². The summed E-state index contributed by atoms with van der Waals surface area (Å²) in [6.45, 7) is 2.54. The molecule has 3 rings (SSSR count). The second kappa shape index (κ2) is 7.46. The highest BCUT2D eigenvalue weighted by Crippen LogP contribution is 2.34. The zero-order valence-corrected chi connectivity index (χ0v) is 15.2. The molecular weight excluding hydrogens is 328 g/mol. The van der Waals surface area contributed by atoms with E-state index in [1.165, 1.54) is 0 Å². The molecule has 1 unspecified atom stereocenters. The number of aromatic nitrogens is 2. The summed E-state index contributed by atoms with van der Waals surface area (Å²) in [7, 11) is 3.20. The van der Waals surface area contributed by atoms with Crippen LogP contribution < -0.4 is 15.2 Å². The Morgan fingerprint density at radius 1 is 1.19 bits per heavy atom. The Morgan fingerprint density at radius 3 is 2.54 bits per heavy atom. The van der Waals surface area contributed by atoms with Gasteiger partial charge in [-0.2, -0.15) is 5.26 Å². The van der Waals surface area contributed by atoms with E-state index in [4.69, 9.17) is 20.2 Å². The number of hydrogen-bond acceptors (Lipinski definition) is 5. The Hall–Kier alpha value is -3.04. The van der Waals surface area contributed by atoms with Gasteiger partial charge in [-0.1, -0.05) is 25.1 Å². The molecule has 0 saturated heterocycles. The number of imidazole rings is 1. The first-order chi connectivity index (χ1) is 12.6. The van der Waals surface area contributed by atoms with Gasteiger partial charge in [0.1, 0.15) is 5.82 Å². The van der Waals surface area contributed by atoms with Crippen LogP contribution in [0.25, 0.3) is 11.0 Å². The molecule has 0 aliphatic carbocycles. The Kier molecular flexibility index (Phi) is 5.10. The summed E-state index contributed by atoms with van der Waals surface area (Å²) in [6.07, 6.45) is 0.761. The summed E-state index contributed by atoms with van der Waals surface area (Å²) in [4.78, 5) is 4.74. The first-order valence-electron chi connectivity index (χ1n) is 8.48. The highest BCUT2D eigenvalue weighted by Gasteiger charge is 2.19. The summed E-state index contributed by atoms with van der Waals surface area (Å²) in [5.74, 6) is 2.04. The van der Waals surface area contributed by atoms with Crippen molar-refractivity contribution in [1.29, 1.82) is 5.26 Å². The summed E-state index contributed by atoms with van der Waals surface area (Å²) >= 11 is 0. The lowest BCUT2D eigenvalue weighted by atomic mass is 10.1. The lowest BCUT2D eigenvalue weighted by Gasteiger charge is -2.15. The predicted molar refractivity (Wildman–Crippen MR) is 100 cm³/mol. The lowest BCUT2D eigenvalue weighted by Crippen LogP contribution is -2.16. The van der Waals surface area contributed by atoms with E-state index < -0.39 is 0 Å². The molecule has 0 radical (unpaired) electrons. The average molecular weight is 350 g/mol. The van der Waals surface area contributed by atoms with E-state index in [9.17, 15) is 5.26 Å². The summed E-state index contributed by atoms with van der Waals surface area (Å²) < 4.78 is 12.9. The zero-order valence-electron chi connectivity index (χ0n) is 15.2. The average Bonchev–Trinajstić information content (AvgIpc) is 3.03. The van der Waals surface area contributed by atoms with Crippen molar-refractivity contribution >= 4 is 11.0 Å². The quantitative estimate of drug-likeness (QED) is 0.736. The Bertz CT molecular complexity index is 972. The third kappa shape index (κ3) is 3.09. The van der Waals surface area contributed by atoms with Crippen molar-refractivity contribution in [2.45, 2.75) is 25.9 Å². The van der Waals surface area contributed by atoms with E-state index in [2.05, 4.69) is 10.6 Å². The highest BCUT2D eigenvalue weighted by molar-refractivity contribution is 5.81. The number of rotatable bonds is 6. The maximum atomic E-state index is 9.40. The van der Waals surface area contributed by atoms with Gasteiger partial charge < -0.3 is 19.8 Å². The van der Waals surface area contributed by atoms with E-state index in [-0.39, 0.29) is 6.04 Å². The Morgan fingerprint density at radius 2 is 1.88 bits per heavy atom. The molecule has 0 fully saturated rings. The third-order valence-electron chi connectivity index (χ3n) is 4.52. The van der Waals surface area contributed by atoms with Gasteiger partial charge in [0, 0.05) is 12.1 Å². The molecule has 2 aromatic carbocycles. The van der Waals surface area contributed by atoms with Gasteiger partial charge >= 0.3 is 0 Å². The van der Waals surface area contributed by atoms with Gasteiger partial charge in [0.2, 0.25) is 0 Å². The minimum absolute atomic E-state index is 0.200. The van der Waals surface area contributed by atoms with Crippen molar-refractivity contribution in [3.8, 4) is 17.6 Å². The van der Waals surface area contributed by atoms with Crippen molar-refractivity contribution in [3.63, 3.8) is 0 Å². The topological polar surface area (TPSA) is 86.1 Å². The monoisotopic (exact) mass is 350 g/mol. The summed E-state index contributed by atoms with van der Waals surface area (Å²) in [5, 5.41) is 9.40. The van der Waals surface area contributed by atoms with E-state index in [1.807, 2.05) is 43.3 Å². The molecule has 1 heterocycles. The predicted octanol–water partition coefficient (Wildman–Crippen LogP) is 3.38. The van der Waals surface area contributed by atoms with Gasteiger partial charge in [-0.05, 0) is 18.1 Å². The smallest absolute Gasteiger partial charge is 0.163 e. The second-order valence-corrected chi connectivity index (χ2v) is 6.04. The molecule has 0 bridgehead atoms. The molecular formula is C20H22N4O2. The van der Waals surface area contributed by atoms with Gasteiger partial charge in [0.05, 0.1) is 49.5 Å². The first-order valence-corrected chi connectivity index (χ1v) is 8.48. The molecule has 0 spiro atoms. The van der Waals surface area contributed by atoms with Crippen LogP contribution >= 0.6 is 0 Å². The minimum atomic E-state index is -0.200.